The van der Waals surface area contributed by atoms with Gasteiger partial charge in [0.2, 0.25) is 0 Å². The molecule has 1 aliphatic heterocycles. The van der Waals surface area contributed by atoms with Crippen molar-refractivity contribution in [3.8, 4) is 0 Å². The molecular weight excluding hydrogens is 396 g/mol. The van der Waals surface area contributed by atoms with Crippen molar-refractivity contribution in [1.29, 1.82) is 0 Å². The van der Waals surface area contributed by atoms with E-state index in [1.165, 1.54) is 31.2 Å². The van der Waals surface area contributed by atoms with Gasteiger partial charge in [0.1, 0.15) is 0 Å². The fourth-order valence-electron chi connectivity index (χ4n) is 3.19. The molecule has 1 heterocycles. The largest absolute Gasteiger partial charge is 0.449 e. The average Bonchev–Trinajstić information content (AvgIpc) is 2.98. The molecular formula is C24H24N2O5. The van der Waals surface area contributed by atoms with E-state index in [0.29, 0.717) is 11.6 Å². The van der Waals surface area contributed by atoms with E-state index in [2.05, 4.69) is 25.7 Å². The highest BCUT2D eigenvalue weighted by atomic mass is 16.5. The highest BCUT2D eigenvalue weighted by molar-refractivity contribution is 6.22. The van der Waals surface area contributed by atoms with Crippen molar-refractivity contribution in [2.45, 2.75) is 32.8 Å². The minimum atomic E-state index is -1.06. The maximum absolute atomic E-state index is 12.5. The number of nitrogens with zero attached hydrogens (tertiary/aromatic N) is 1. The van der Waals surface area contributed by atoms with Gasteiger partial charge in [-0.1, -0.05) is 32.1 Å². The summed E-state index contributed by atoms with van der Waals surface area (Å²) in [4.78, 5) is 50.6. The standard InChI is InChI=1S/C24H24N2O5/c1-5-12-26-22(28)19-11-8-17(13-20(19)23(26)29)24(30)31-15(4)21(27)25-18-9-6-16(7-10-18)14(2)3/h5-11,13-15H,1,12H2,2-4H3,(H,25,27)/t15-/m1/s1. The molecule has 0 aliphatic carbocycles. The fourth-order valence-corrected chi connectivity index (χ4v) is 3.19. The number of imide groups is 1. The summed E-state index contributed by atoms with van der Waals surface area (Å²) >= 11 is 0. The predicted molar refractivity (Wildman–Crippen MR) is 116 cm³/mol. The van der Waals surface area contributed by atoms with Crippen LogP contribution in [0, 0.1) is 0 Å². The quantitative estimate of drug-likeness (QED) is 0.418. The minimum Gasteiger partial charge on any atom is -0.449 e. The second kappa shape index (κ2) is 8.95. The van der Waals surface area contributed by atoms with Crippen molar-refractivity contribution in [1.82, 2.24) is 4.90 Å². The molecule has 0 fully saturated rings. The number of amides is 3. The molecule has 1 aliphatic rings. The second-order valence-corrected chi connectivity index (χ2v) is 7.58. The molecule has 160 valence electrons. The molecule has 0 bridgehead atoms. The second-order valence-electron chi connectivity index (χ2n) is 7.58. The van der Waals surface area contributed by atoms with Gasteiger partial charge in [-0.25, -0.2) is 4.79 Å². The Labute approximate surface area is 180 Å². The molecule has 0 aromatic heterocycles. The van der Waals surface area contributed by atoms with E-state index in [4.69, 9.17) is 4.74 Å². The number of carbonyl (C=O) groups is 4. The molecule has 0 saturated carbocycles. The Morgan fingerprint density at radius 2 is 1.68 bits per heavy atom. The maximum Gasteiger partial charge on any atom is 0.338 e. The van der Waals surface area contributed by atoms with Crippen LogP contribution in [0.5, 0.6) is 0 Å². The van der Waals surface area contributed by atoms with Crippen LogP contribution in [0.15, 0.2) is 55.1 Å². The molecule has 0 saturated heterocycles. The predicted octanol–water partition coefficient (Wildman–Crippen LogP) is 3.78. The van der Waals surface area contributed by atoms with Gasteiger partial charge in [-0.15, -0.1) is 6.58 Å². The average molecular weight is 420 g/mol. The number of fused-ring (bicyclic) bond motifs is 1. The molecule has 2 aromatic rings. The molecule has 7 heteroatoms. The van der Waals surface area contributed by atoms with E-state index in [0.717, 1.165) is 10.5 Å². The highest BCUT2D eigenvalue weighted by Crippen LogP contribution is 2.24. The number of hydrogen-bond acceptors (Lipinski definition) is 5. The maximum atomic E-state index is 12.5. The first-order valence-electron chi connectivity index (χ1n) is 9.96. The molecule has 1 N–H and O–H groups in total. The van der Waals surface area contributed by atoms with Crippen LogP contribution in [0.1, 0.15) is 63.3 Å². The zero-order valence-electron chi connectivity index (χ0n) is 17.7. The highest BCUT2D eigenvalue weighted by Gasteiger charge is 2.35. The number of rotatable bonds is 7. The molecule has 31 heavy (non-hydrogen) atoms. The van der Waals surface area contributed by atoms with E-state index in [-0.39, 0.29) is 23.2 Å². The topological polar surface area (TPSA) is 92.8 Å². The van der Waals surface area contributed by atoms with Gasteiger partial charge in [-0.2, -0.15) is 0 Å². The van der Waals surface area contributed by atoms with Crippen LogP contribution in [0.4, 0.5) is 5.69 Å². The van der Waals surface area contributed by atoms with Gasteiger partial charge in [-0.3, -0.25) is 19.3 Å². The molecule has 3 amide bonds. The third kappa shape index (κ3) is 4.55. The summed E-state index contributed by atoms with van der Waals surface area (Å²) < 4.78 is 5.25. The van der Waals surface area contributed by atoms with Gasteiger partial charge in [-0.05, 0) is 48.7 Å². The Morgan fingerprint density at radius 1 is 1.03 bits per heavy atom. The summed E-state index contributed by atoms with van der Waals surface area (Å²) in [6, 6.07) is 11.6. The summed E-state index contributed by atoms with van der Waals surface area (Å²) in [6.45, 7) is 9.24. The first kappa shape index (κ1) is 22.0. The normalized spacial score (nSPS) is 13.7. The van der Waals surface area contributed by atoms with Gasteiger partial charge in [0.15, 0.2) is 6.10 Å². The van der Waals surface area contributed by atoms with Crippen molar-refractivity contribution >= 4 is 29.4 Å². The Balaban J connectivity index is 1.66. The van der Waals surface area contributed by atoms with E-state index < -0.39 is 29.8 Å². The van der Waals surface area contributed by atoms with Crippen molar-refractivity contribution in [3.05, 3.63) is 77.4 Å². The lowest BCUT2D eigenvalue weighted by molar-refractivity contribution is -0.123. The van der Waals surface area contributed by atoms with E-state index in [1.807, 2.05) is 12.1 Å². The summed E-state index contributed by atoms with van der Waals surface area (Å²) in [6.07, 6.45) is 0.396. The third-order valence-electron chi connectivity index (χ3n) is 5.02. The van der Waals surface area contributed by atoms with Crippen LogP contribution in [0.3, 0.4) is 0 Å². The van der Waals surface area contributed by atoms with Crippen molar-refractivity contribution in [3.63, 3.8) is 0 Å². The lowest BCUT2D eigenvalue weighted by Crippen LogP contribution is -2.30. The lowest BCUT2D eigenvalue weighted by atomic mass is 10.0. The summed E-state index contributed by atoms with van der Waals surface area (Å²) in [7, 11) is 0. The van der Waals surface area contributed by atoms with Crippen molar-refractivity contribution in [2.24, 2.45) is 0 Å². The molecule has 0 unspecified atom stereocenters. The van der Waals surface area contributed by atoms with Gasteiger partial charge >= 0.3 is 5.97 Å². The number of esters is 1. The number of anilines is 1. The number of carbonyl (C=O) groups excluding carboxylic acids is 4. The van der Waals surface area contributed by atoms with Gasteiger partial charge in [0, 0.05) is 12.2 Å². The molecule has 1 atom stereocenters. The Morgan fingerprint density at radius 3 is 2.29 bits per heavy atom. The zero-order valence-corrected chi connectivity index (χ0v) is 17.7. The zero-order chi connectivity index (χ0) is 22.7. The van der Waals surface area contributed by atoms with Crippen LogP contribution in [0.2, 0.25) is 0 Å². The molecule has 3 rings (SSSR count). The number of ether oxygens (including phenoxy) is 1. The SMILES string of the molecule is C=CCN1C(=O)c2ccc(C(=O)O[C@H](C)C(=O)Nc3ccc(C(C)C)cc3)cc2C1=O. The van der Waals surface area contributed by atoms with E-state index in [9.17, 15) is 19.2 Å². The summed E-state index contributed by atoms with van der Waals surface area (Å²) in [5, 5.41) is 2.71. The monoisotopic (exact) mass is 420 g/mol. The summed E-state index contributed by atoms with van der Waals surface area (Å²) in [5.74, 6) is -1.79. The fraction of sp³-hybridized carbons (Fsp3) is 0.250. The van der Waals surface area contributed by atoms with Gasteiger partial charge < -0.3 is 10.1 Å². The Hall–Kier alpha value is -3.74. The molecule has 0 spiro atoms. The number of nitrogens with one attached hydrogen (secondary N) is 1. The molecule has 7 nitrogen and oxygen atoms in total. The van der Waals surface area contributed by atoms with Gasteiger partial charge in [0.25, 0.3) is 17.7 Å². The molecule has 2 aromatic carbocycles. The first-order valence-corrected chi connectivity index (χ1v) is 9.96. The van der Waals surface area contributed by atoms with E-state index in [1.54, 1.807) is 12.1 Å². The van der Waals surface area contributed by atoms with Crippen LogP contribution in [-0.4, -0.2) is 41.2 Å². The van der Waals surface area contributed by atoms with Crippen LogP contribution < -0.4 is 5.32 Å². The lowest BCUT2D eigenvalue weighted by Gasteiger charge is -2.14. The minimum absolute atomic E-state index is 0.0845. The van der Waals surface area contributed by atoms with E-state index >= 15 is 0 Å². The van der Waals surface area contributed by atoms with Crippen LogP contribution in [-0.2, 0) is 9.53 Å². The number of hydrogen-bond donors (Lipinski definition) is 1. The van der Waals surface area contributed by atoms with Gasteiger partial charge in [0.05, 0.1) is 16.7 Å². The van der Waals surface area contributed by atoms with Crippen LogP contribution in [0.25, 0.3) is 0 Å². The summed E-state index contributed by atoms with van der Waals surface area (Å²) in [5.41, 5.74) is 2.18. The van der Waals surface area contributed by atoms with Crippen molar-refractivity contribution in [2.75, 3.05) is 11.9 Å². The number of benzene rings is 2. The smallest absolute Gasteiger partial charge is 0.338 e. The Bertz CT molecular complexity index is 1060. The first-order chi connectivity index (χ1) is 14.7. The van der Waals surface area contributed by atoms with Crippen LogP contribution >= 0.6 is 0 Å². The Kier molecular flexibility index (Phi) is 6.34. The van der Waals surface area contributed by atoms with Crippen molar-refractivity contribution < 1.29 is 23.9 Å². The molecule has 0 radical (unpaired) electrons. The third-order valence-corrected chi connectivity index (χ3v) is 5.02.